The van der Waals surface area contributed by atoms with E-state index in [0.717, 1.165) is 18.7 Å². The van der Waals surface area contributed by atoms with Crippen LogP contribution in [-0.4, -0.2) is 54.8 Å². The number of morpholine rings is 1. The molecule has 132 valence electrons. The summed E-state index contributed by atoms with van der Waals surface area (Å²) in [7, 11) is 0. The number of carbonyl (C=O) groups is 1. The zero-order chi connectivity index (χ0) is 17.5. The lowest BCUT2D eigenvalue weighted by Crippen LogP contribution is -2.49. The second kappa shape index (κ2) is 8.76. The van der Waals surface area contributed by atoms with Crippen LogP contribution < -0.4 is 5.32 Å². The van der Waals surface area contributed by atoms with Gasteiger partial charge in [-0.05, 0) is 17.7 Å². The minimum atomic E-state index is -0.767. The molecule has 0 bridgehead atoms. The molecule has 0 aromatic heterocycles. The Labute approximate surface area is 148 Å². The first-order chi connectivity index (χ1) is 12.2. The van der Waals surface area contributed by atoms with E-state index >= 15 is 0 Å². The van der Waals surface area contributed by atoms with Crippen molar-refractivity contribution in [1.82, 2.24) is 10.2 Å². The van der Waals surface area contributed by atoms with Crippen LogP contribution in [0.5, 0.6) is 0 Å². The first-order valence-corrected chi connectivity index (χ1v) is 8.63. The Kier molecular flexibility index (Phi) is 6.17. The van der Waals surface area contributed by atoms with E-state index in [1.54, 1.807) is 12.1 Å². The van der Waals surface area contributed by atoms with Gasteiger partial charge in [0.05, 0.1) is 19.3 Å². The summed E-state index contributed by atoms with van der Waals surface area (Å²) in [6, 6.07) is 18.2. The number of rotatable bonds is 6. The van der Waals surface area contributed by atoms with Gasteiger partial charge in [-0.3, -0.25) is 9.69 Å². The minimum Gasteiger partial charge on any atom is -0.386 e. The van der Waals surface area contributed by atoms with E-state index in [0.29, 0.717) is 25.3 Å². The Hall–Kier alpha value is -2.21. The van der Waals surface area contributed by atoms with Gasteiger partial charge in [-0.1, -0.05) is 48.5 Å². The van der Waals surface area contributed by atoms with Crippen LogP contribution in [0.15, 0.2) is 60.7 Å². The molecular formula is C20H24N2O3. The Balaban J connectivity index is 1.74. The van der Waals surface area contributed by atoms with Crippen LogP contribution in [-0.2, 0) is 4.74 Å². The highest BCUT2D eigenvalue weighted by Crippen LogP contribution is 2.18. The molecule has 3 rings (SSSR count). The molecule has 0 saturated carbocycles. The fraction of sp³-hybridized carbons (Fsp3) is 0.350. The molecule has 1 aliphatic rings. The molecule has 1 amide bonds. The number of aliphatic hydroxyl groups is 1. The van der Waals surface area contributed by atoms with Crippen molar-refractivity contribution in [2.24, 2.45) is 0 Å². The second-order valence-electron chi connectivity index (χ2n) is 6.21. The number of hydrogen-bond donors (Lipinski definition) is 2. The quantitative estimate of drug-likeness (QED) is 0.842. The van der Waals surface area contributed by atoms with Gasteiger partial charge in [0.25, 0.3) is 5.91 Å². The van der Waals surface area contributed by atoms with Crippen LogP contribution in [0.1, 0.15) is 22.0 Å². The van der Waals surface area contributed by atoms with E-state index in [1.165, 1.54) is 0 Å². The van der Waals surface area contributed by atoms with Gasteiger partial charge in [0.2, 0.25) is 0 Å². The Morgan fingerprint density at radius 1 is 1.04 bits per heavy atom. The van der Waals surface area contributed by atoms with Gasteiger partial charge in [-0.25, -0.2) is 0 Å². The molecule has 2 aromatic rings. The minimum absolute atomic E-state index is 0.172. The molecule has 0 spiro atoms. The normalized spacial score (nSPS) is 17.6. The number of amides is 1. The van der Waals surface area contributed by atoms with Crippen molar-refractivity contribution in [3.05, 3.63) is 71.8 Å². The van der Waals surface area contributed by atoms with Crippen LogP contribution in [0.25, 0.3) is 0 Å². The standard InChI is InChI=1S/C20H24N2O3/c23-19(16-7-3-1-4-8-16)18(15-22-11-13-25-14-12-22)21-20(24)17-9-5-2-6-10-17/h1-10,18-19,23H,11-15H2,(H,21,24). The number of ether oxygens (including phenoxy) is 1. The molecule has 2 aromatic carbocycles. The van der Waals surface area contributed by atoms with Gasteiger partial charge in [0.1, 0.15) is 6.10 Å². The third kappa shape index (κ3) is 4.89. The molecule has 0 aliphatic carbocycles. The van der Waals surface area contributed by atoms with E-state index in [9.17, 15) is 9.90 Å². The van der Waals surface area contributed by atoms with Crippen molar-refractivity contribution < 1.29 is 14.6 Å². The van der Waals surface area contributed by atoms with E-state index in [2.05, 4.69) is 10.2 Å². The third-order valence-electron chi connectivity index (χ3n) is 4.43. The van der Waals surface area contributed by atoms with Gasteiger partial charge in [-0.2, -0.15) is 0 Å². The average molecular weight is 340 g/mol. The molecular weight excluding hydrogens is 316 g/mol. The fourth-order valence-corrected chi connectivity index (χ4v) is 3.01. The Morgan fingerprint density at radius 2 is 1.64 bits per heavy atom. The predicted octanol–water partition coefficient (Wildman–Crippen LogP) is 1.85. The molecule has 5 nitrogen and oxygen atoms in total. The molecule has 2 N–H and O–H groups in total. The molecule has 5 heteroatoms. The summed E-state index contributed by atoms with van der Waals surface area (Å²) in [6.45, 7) is 3.55. The molecule has 1 heterocycles. The number of hydrogen-bond acceptors (Lipinski definition) is 4. The topological polar surface area (TPSA) is 61.8 Å². The van der Waals surface area contributed by atoms with Crippen LogP contribution in [0, 0.1) is 0 Å². The first-order valence-electron chi connectivity index (χ1n) is 8.63. The predicted molar refractivity (Wildman–Crippen MR) is 96.4 cm³/mol. The van der Waals surface area contributed by atoms with E-state index < -0.39 is 12.1 Å². The summed E-state index contributed by atoms with van der Waals surface area (Å²) in [4.78, 5) is 14.8. The van der Waals surface area contributed by atoms with E-state index in [4.69, 9.17) is 4.74 Å². The number of carbonyl (C=O) groups excluding carboxylic acids is 1. The summed E-state index contributed by atoms with van der Waals surface area (Å²) in [6.07, 6.45) is -0.767. The molecule has 1 saturated heterocycles. The Morgan fingerprint density at radius 3 is 2.28 bits per heavy atom. The van der Waals surface area contributed by atoms with Crippen molar-refractivity contribution in [1.29, 1.82) is 0 Å². The number of nitrogens with zero attached hydrogens (tertiary/aromatic N) is 1. The number of aliphatic hydroxyl groups excluding tert-OH is 1. The highest BCUT2D eigenvalue weighted by molar-refractivity contribution is 5.94. The van der Waals surface area contributed by atoms with Gasteiger partial charge >= 0.3 is 0 Å². The second-order valence-corrected chi connectivity index (χ2v) is 6.21. The third-order valence-corrected chi connectivity index (χ3v) is 4.43. The monoisotopic (exact) mass is 340 g/mol. The van der Waals surface area contributed by atoms with E-state index in [1.807, 2.05) is 48.5 Å². The van der Waals surface area contributed by atoms with Crippen molar-refractivity contribution >= 4 is 5.91 Å². The summed E-state index contributed by atoms with van der Waals surface area (Å²) < 4.78 is 5.39. The van der Waals surface area contributed by atoms with Crippen molar-refractivity contribution in [2.75, 3.05) is 32.8 Å². The van der Waals surface area contributed by atoms with Crippen LogP contribution in [0.2, 0.25) is 0 Å². The smallest absolute Gasteiger partial charge is 0.251 e. The van der Waals surface area contributed by atoms with Crippen LogP contribution in [0.4, 0.5) is 0 Å². The lowest BCUT2D eigenvalue weighted by atomic mass is 10.0. The largest absolute Gasteiger partial charge is 0.386 e. The van der Waals surface area contributed by atoms with E-state index in [-0.39, 0.29) is 5.91 Å². The maximum absolute atomic E-state index is 12.6. The lowest BCUT2D eigenvalue weighted by Gasteiger charge is -2.33. The summed E-state index contributed by atoms with van der Waals surface area (Å²) in [5.41, 5.74) is 1.39. The number of nitrogens with one attached hydrogen (secondary N) is 1. The van der Waals surface area contributed by atoms with Crippen molar-refractivity contribution in [2.45, 2.75) is 12.1 Å². The molecule has 1 fully saturated rings. The maximum Gasteiger partial charge on any atom is 0.251 e. The Bertz CT molecular complexity index is 657. The summed E-state index contributed by atoms with van der Waals surface area (Å²) in [5.74, 6) is -0.172. The maximum atomic E-state index is 12.6. The molecule has 0 radical (unpaired) electrons. The van der Waals surface area contributed by atoms with Crippen LogP contribution >= 0.6 is 0 Å². The first kappa shape index (κ1) is 17.6. The zero-order valence-corrected chi connectivity index (χ0v) is 14.2. The highest BCUT2D eigenvalue weighted by atomic mass is 16.5. The van der Waals surface area contributed by atoms with Gasteiger partial charge in [-0.15, -0.1) is 0 Å². The zero-order valence-electron chi connectivity index (χ0n) is 14.2. The van der Waals surface area contributed by atoms with Crippen LogP contribution in [0.3, 0.4) is 0 Å². The summed E-state index contributed by atoms with van der Waals surface area (Å²) >= 11 is 0. The average Bonchev–Trinajstić information content (AvgIpc) is 2.69. The molecule has 25 heavy (non-hydrogen) atoms. The van der Waals surface area contributed by atoms with Crippen molar-refractivity contribution in [3.8, 4) is 0 Å². The van der Waals surface area contributed by atoms with Gasteiger partial charge < -0.3 is 15.2 Å². The number of benzene rings is 2. The SMILES string of the molecule is O=C(NC(CN1CCOCC1)C(O)c1ccccc1)c1ccccc1. The van der Waals surface area contributed by atoms with Crippen molar-refractivity contribution in [3.63, 3.8) is 0 Å². The highest BCUT2D eigenvalue weighted by Gasteiger charge is 2.26. The van der Waals surface area contributed by atoms with Gasteiger partial charge in [0, 0.05) is 25.2 Å². The van der Waals surface area contributed by atoms with Gasteiger partial charge in [0.15, 0.2) is 0 Å². The molecule has 2 unspecified atom stereocenters. The molecule has 2 atom stereocenters. The molecule has 1 aliphatic heterocycles. The lowest BCUT2D eigenvalue weighted by molar-refractivity contribution is 0.0201. The fourth-order valence-electron chi connectivity index (χ4n) is 3.01. The summed E-state index contributed by atoms with van der Waals surface area (Å²) in [5, 5.41) is 13.8.